The van der Waals surface area contributed by atoms with Crippen LogP contribution >= 0.6 is 46.9 Å². The van der Waals surface area contributed by atoms with Gasteiger partial charge < -0.3 is 16.0 Å². The van der Waals surface area contributed by atoms with Crippen LogP contribution in [0.3, 0.4) is 0 Å². The fraction of sp³-hybridized carbons (Fsp3) is 0.421. The summed E-state index contributed by atoms with van der Waals surface area (Å²) in [6, 6.07) is 7.08. The van der Waals surface area contributed by atoms with E-state index >= 15 is 0 Å². The number of hydrogen-bond donors (Lipinski definition) is 3. The van der Waals surface area contributed by atoms with E-state index < -0.39 is 0 Å². The molecule has 28 heavy (non-hydrogen) atoms. The predicted molar refractivity (Wildman–Crippen MR) is 129 cm³/mol. The molecule has 6 nitrogen and oxygen atoms in total. The van der Waals surface area contributed by atoms with Crippen molar-refractivity contribution in [3.8, 4) is 0 Å². The summed E-state index contributed by atoms with van der Waals surface area (Å²) >= 11 is 7.59. The Kier molecular flexibility index (Phi) is 12.1. The number of thiazole rings is 1. The average Bonchev–Trinajstić information content (AvgIpc) is 3.13. The number of nitrogens with one attached hydrogen (secondary N) is 3. The van der Waals surface area contributed by atoms with E-state index in [2.05, 4.69) is 32.9 Å². The predicted octanol–water partition coefficient (Wildman–Crippen LogP) is 4.10. The van der Waals surface area contributed by atoms with Crippen molar-refractivity contribution < 1.29 is 4.79 Å². The van der Waals surface area contributed by atoms with Crippen LogP contribution in [0.1, 0.15) is 29.7 Å². The van der Waals surface area contributed by atoms with Gasteiger partial charge in [-0.15, -0.1) is 35.3 Å². The third-order valence-electron chi connectivity index (χ3n) is 3.81. The third kappa shape index (κ3) is 9.20. The molecule has 0 aliphatic heterocycles. The van der Waals surface area contributed by atoms with E-state index in [1.807, 2.05) is 6.20 Å². The van der Waals surface area contributed by atoms with Gasteiger partial charge >= 0.3 is 0 Å². The minimum atomic E-state index is -0.0161. The van der Waals surface area contributed by atoms with Crippen LogP contribution in [0.15, 0.2) is 35.5 Å². The molecule has 0 unspecified atom stereocenters. The maximum Gasteiger partial charge on any atom is 0.224 e. The van der Waals surface area contributed by atoms with Crippen molar-refractivity contribution in [2.45, 2.75) is 32.6 Å². The molecular weight excluding hydrogens is 509 g/mol. The number of amides is 1. The summed E-state index contributed by atoms with van der Waals surface area (Å²) in [6.45, 7) is 3.58. The number of aliphatic imine (C=N–C) groups is 1. The Bertz CT molecular complexity index is 751. The number of carbonyl (C=O) groups excluding carboxylic acids is 1. The van der Waals surface area contributed by atoms with Gasteiger partial charge in [-0.25, -0.2) is 4.98 Å². The Balaban J connectivity index is 0.00000392. The van der Waals surface area contributed by atoms with Crippen LogP contribution in [-0.2, 0) is 17.6 Å². The molecule has 154 valence electrons. The van der Waals surface area contributed by atoms with Gasteiger partial charge in [0.25, 0.3) is 0 Å². The Morgan fingerprint density at radius 3 is 2.57 bits per heavy atom. The summed E-state index contributed by atoms with van der Waals surface area (Å²) in [5, 5.41) is 11.1. The monoisotopic (exact) mass is 535 g/mol. The second kappa shape index (κ2) is 13.7. The molecule has 1 aromatic carbocycles. The van der Waals surface area contributed by atoms with Crippen molar-refractivity contribution >= 4 is 64.5 Å². The van der Waals surface area contributed by atoms with E-state index in [9.17, 15) is 4.79 Å². The topological polar surface area (TPSA) is 78.4 Å². The summed E-state index contributed by atoms with van der Waals surface area (Å²) in [7, 11) is 1.74. The van der Waals surface area contributed by atoms with Crippen LogP contribution < -0.4 is 16.0 Å². The Morgan fingerprint density at radius 1 is 1.21 bits per heavy atom. The zero-order valence-electron chi connectivity index (χ0n) is 16.1. The van der Waals surface area contributed by atoms with Gasteiger partial charge in [0.1, 0.15) is 0 Å². The maximum atomic E-state index is 11.9. The lowest BCUT2D eigenvalue weighted by atomic mass is 10.2. The van der Waals surface area contributed by atoms with Gasteiger partial charge in [0, 0.05) is 54.8 Å². The van der Waals surface area contributed by atoms with Gasteiger partial charge in [0.15, 0.2) is 5.96 Å². The summed E-state index contributed by atoms with van der Waals surface area (Å²) in [4.78, 5) is 21.9. The summed E-state index contributed by atoms with van der Waals surface area (Å²) in [5.41, 5.74) is 0.753. The van der Waals surface area contributed by atoms with E-state index in [1.54, 1.807) is 42.6 Å². The molecule has 1 heterocycles. The second-order valence-corrected chi connectivity index (χ2v) is 7.54. The lowest BCUT2D eigenvalue weighted by molar-refractivity contribution is -0.116. The van der Waals surface area contributed by atoms with Gasteiger partial charge in [-0.1, -0.05) is 18.5 Å². The number of halogens is 2. The second-order valence-electron chi connectivity index (χ2n) is 5.91. The fourth-order valence-electron chi connectivity index (χ4n) is 2.35. The van der Waals surface area contributed by atoms with Crippen LogP contribution in [0.2, 0.25) is 5.02 Å². The zero-order chi connectivity index (χ0) is 19.5. The number of carbonyl (C=O) groups is 1. The Labute approximate surface area is 192 Å². The van der Waals surface area contributed by atoms with Crippen LogP contribution in [0.25, 0.3) is 0 Å². The van der Waals surface area contributed by atoms with Crippen LogP contribution in [0.5, 0.6) is 0 Å². The van der Waals surface area contributed by atoms with Crippen molar-refractivity contribution in [3.63, 3.8) is 0 Å². The van der Waals surface area contributed by atoms with E-state index in [1.165, 1.54) is 4.88 Å². The fourth-order valence-corrected chi connectivity index (χ4v) is 3.34. The number of hydrogen-bond acceptors (Lipinski definition) is 4. The van der Waals surface area contributed by atoms with Gasteiger partial charge in [0.2, 0.25) is 5.91 Å². The van der Waals surface area contributed by atoms with Gasteiger partial charge in [0.05, 0.1) is 5.01 Å². The molecular formula is C19H27ClIN5OS. The molecule has 1 aromatic heterocycles. The number of nitrogens with zero attached hydrogens (tertiary/aromatic N) is 2. The SMILES string of the molecule is CCc1cnc(CCNC(=NC)NCCCC(=O)Nc2ccc(Cl)cc2)s1.I. The Morgan fingerprint density at radius 2 is 1.93 bits per heavy atom. The lowest BCUT2D eigenvalue weighted by Gasteiger charge is -2.11. The van der Waals surface area contributed by atoms with Crippen molar-refractivity contribution in [3.05, 3.63) is 45.4 Å². The van der Waals surface area contributed by atoms with Gasteiger partial charge in [-0.05, 0) is 37.1 Å². The largest absolute Gasteiger partial charge is 0.356 e. The first-order chi connectivity index (χ1) is 13.1. The highest BCUT2D eigenvalue weighted by molar-refractivity contribution is 14.0. The average molecular weight is 536 g/mol. The summed E-state index contributed by atoms with van der Waals surface area (Å²) in [5.74, 6) is 0.720. The molecule has 3 N–H and O–H groups in total. The van der Waals surface area contributed by atoms with Crippen molar-refractivity contribution in [1.82, 2.24) is 15.6 Å². The number of guanidine groups is 1. The molecule has 0 spiro atoms. The smallest absolute Gasteiger partial charge is 0.224 e. The molecule has 0 saturated carbocycles. The number of aromatic nitrogens is 1. The van der Waals surface area contributed by atoms with E-state index in [0.29, 0.717) is 24.4 Å². The molecule has 0 bridgehead atoms. The minimum Gasteiger partial charge on any atom is -0.356 e. The van der Waals surface area contributed by atoms with Crippen molar-refractivity contribution in [2.24, 2.45) is 4.99 Å². The molecule has 1 amide bonds. The number of aryl methyl sites for hydroxylation is 1. The first kappa shape index (κ1) is 24.6. The van der Waals surface area contributed by atoms with E-state index in [4.69, 9.17) is 11.6 Å². The van der Waals surface area contributed by atoms with Crippen molar-refractivity contribution in [1.29, 1.82) is 0 Å². The van der Waals surface area contributed by atoms with Crippen LogP contribution in [0, 0.1) is 0 Å². The summed E-state index contributed by atoms with van der Waals surface area (Å²) in [6.07, 6.45) is 4.99. The standard InChI is InChI=1S/C19H26ClN5OS.HI/c1-3-16-13-24-18(27-16)10-12-23-19(21-2)22-11-4-5-17(26)25-15-8-6-14(20)7-9-15;/h6-9,13H,3-5,10-12H2,1-2H3,(H,25,26)(H2,21,22,23);1H. The summed E-state index contributed by atoms with van der Waals surface area (Å²) < 4.78 is 0. The van der Waals surface area contributed by atoms with Crippen LogP contribution in [-0.4, -0.2) is 37.0 Å². The third-order valence-corrected chi connectivity index (χ3v) is 5.26. The minimum absolute atomic E-state index is 0. The first-order valence-corrected chi connectivity index (χ1v) is 10.2. The molecule has 0 saturated heterocycles. The zero-order valence-corrected chi connectivity index (χ0v) is 20.0. The maximum absolute atomic E-state index is 11.9. The number of anilines is 1. The van der Waals surface area contributed by atoms with Crippen LogP contribution in [0.4, 0.5) is 5.69 Å². The molecule has 0 fully saturated rings. The highest BCUT2D eigenvalue weighted by Gasteiger charge is 2.04. The highest BCUT2D eigenvalue weighted by Crippen LogP contribution is 2.14. The van der Waals surface area contributed by atoms with Gasteiger partial charge in [-0.2, -0.15) is 0 Å². The molecule has 2 rings (SSSR count). The molecule has 0 radical (unpaired) electrons. The molecule has 2 aromatic rings. The quantitative estimate of drug-likeness (QED) is 0.196. The van der Waals surface area contributed by atoms with Gasteiger partial charge in [-0.3, -0.25) is 9.79 Å². The lowest BCUT2D eigenvalue weighted by Crippen LogP contribution is -2.38. The number of rotatable bonds is 9. The normalized spacial score (nSPS) is 10.9. The first-order valence-electron chi connectivity index (χ1n) is 9.04. The molecule has 0 aliphatic carbocycles. The van der Waals surface area contributed by atoms with Crippen molar-refractivity contribution in [2.75, 3.05) is 25.5 Å². The van der Waals surface area contributed by atoms with E-state index in [-0.39, 0.29) is 29.9 Å². The Hall–Kier alpha value is -1.39. The van der Waals surface area contributed by atoms with E-state index in [0.717, 1.165) is 36.0 Å². The highest BCUT2D eigenvalue weighted by atomic mass is 127. The molecule has 0 atom stereocenters. The molecule has 9 heteroatoms. The number of benzene rings is 1. The molecule has 0 aliphatic rings.